The van der Waals surface area contributed by atoms with Gasteiger partial charge in [-0.05, 0) is 48.5 Å². The third kappa shape index (κ3) is 5.52. The molecule has 3 aromatic carbocycles. The van der Waals surface area contributed by atoms with Crippen molar-refractivity contribution in [2.75, 3.05) is 18.5 Å². The van der Waals surface area contributed by atoms with Crippen molar-refractivity contribution < 1.29 is 19.1 Å². The first-order valence-electron chi connectivity index (χ1n) is 10.1. The third-order valence-electron chi connectivity index (χ3n) is 4.71. The molecular formula is C26H21NO4. The van der Waals surface area contributed by atoms with E-state index in [2.05, 4.69) is 17.2 Å². The molecule has 0 saturated carbocycles. The predicted octanol–water partition coefficient (Wildman–Crippen LogP) is 4.46. The summed E-state index contributed by atoms with van der Waals surface area (Å²) in [7, 11) is 0. The zero-order valence-corrected chi connectivity index (χ0v) is 16.9. The van der Waals surface area contributed by atoms with Gasteiger partial charge in [-0.15, -0.1) is 0 Å². The van der Waals surface area contributed by atoms with Crippen LogP contribution in [0.1, 0.15) is 34.3 Å². The topological polar surface area (TPSA) is 64.6 Å². The van der Waals surface area contributed by atoms with Gasteiger partial charge < -0.3 is 14.8 Å². The molecule has 1 aliphatic rings. The number of nitrogens with one attached hydrogen (secondary N) is 1. The number of amides is 1. The molecule has 1 aliphatic heterocycles. The van der Waals surface area contributed by atoms with Crippen LogP contribution in [0.15, 0.2) is 72.8 Å². The van der Waals surface area contributed by atoms with Crippen LogP contribution in [0.5, 0.6) is 11.5 Å². The second-order valence-electron chi connectivity index (χ2n) is 7.03. The van der Waals surface area contributed by atoms with E-state index in [-0.39, 0.29) is 24.5 Å². The SMILES string of the molecule is O=C(CCC(=O)c1ccc2c(c1)OCCO2)Nc1cccc(C#Cc2ccccc2)c1. The van der Waals surface area contributed by atoms with Crippen LogP contribution in [0, 0.1) is 11.8 Å². The minimum atomic E-state index is -0.223. The van der Waals surface area contributed by atoms with Crippen LogP contribution in [0.25, 0.3) is 0 Å². The van der Waals surface area contributed by atoms with Crippen molar-refractivity contribution in [2.24, 2.45) is 0 Å². The molecule has 0 unspecified atom stereocenters. The molecule has 0 aromatic heterocycles. The molecule has 5 nitrogen and oxygen atoms in total. The molecule has 0 saturated heterocycles. The van der Waals surface area contributed by atoms with E-state index < -0.39 is 0 Å². The smallest absolute Gasteiger partial charge is 0.224 e. The van der Waals surface area contributed by atoms with E-state index in [9.17, 15) is 9.59 Å². The average molecular weight is 411 g/mol. The normalized spacial score (nSPS) is 11.7. The summed E-state index contributed by atoms with van der Waals surface area (Å²) in [6, 6.07) is 22.1. The Morgan fingerprint density at radius 1 is 0.774 bits per heavy atom. The number of ketones is 1. The number of ether oxygens (including phenoxy) is 2. The highest BCUT2D eigenvalue weighted by Crippen LogP contribution is 2.31. The standard InChI is InChI=1S/C26H21NO4/c28-23(21-11-13-24-25(18-21)31-16-15-30-24)12-14-26(29)27-22-8-4-7-20(17-22)10-9-19-5-2-1-3-6-19/h1-8,11,13,17-18H,12,14-16H2,(H,27,29). The van der Waals surface area contributed by atoms with Crippen LogP contribution in [-0.4, -0.2) is 24.9 Å². The number of carbonyl (C=O) groups excluding carboxylic acids is 2. The fraction of sp³-hybridized carbons (Fsp3) is 0.154. The lowest BCUT2D eigenvalue weighted by Crippen LogP contribution is -2.16. The van der Waals surface area contributed by atoms with Gasteiger partial charge in [0.15, 0.2) is 17.3 Å². The number of benzene rings is 3. The molecule has 1 N–H and O–H groups in total. The summed E-state index contributed by atoms with van der Waals surface area (Å²) in [6.45, 7) is 0.960. The van der Waals surface area contributed by atoms with E-state index >= 15 is 0 Å². The van der Waals surface area contributed by atoms with E-state index in [4.69, 9.17) is 9.47 Å². The van der Waals surface area contributed by atoms with Crippen LogP contribution in [0.2, 0.25) is 0 Å². The Balaban J connectivity index is 1.33. The highest BCUT2D eigenvalue weighted by atomic mass is 16.6. The van der Waals surface area contributed by atoms with Gasteiger partial charge in [0.2, 0.25) is 5.91 Å². The summed E-state index contributed by atoms with van der Waals surface area (Å²) in [6.07, 6.45) is 0.201. The zero-order chi connectivity index (χ0) is 21.5. The maximum absolute atomic E-state index is 12.5. The molecule has 4 rings (SSSR count). The molecule has 5 heteroatoms. The number of hydrogen-bond acceptors (Lipinski definition) is 4. The lowest BCUT2D eigenvalue weighted by Gasteiger charge is -2.18. The Morgan fingerprint density at radius 2 is 1.52 bits per heavy atom. The van der Waals surface area contributed by atoms with Gasteiger partial charge in [-0.25, -0.2) is 0 Å². The summed E-state index contributed by atoms with van der Waals surface area (Å²) < 4.78 is 11.0. The fourth-order valence-corrected chi connectivity index (χ4v) is 3.15. The molecule has 0 spiro atoms. The van der Waals surface area contributed by atoms with Gasteiger partial charge in [-0.3, -0.25) is 9.59 Å². The molecule has 3 aromatic rings. The molecule has 0 aliphatic carbocycles. The van der Waals surface area contributed by atoms with Crippen molar-refractivity contribution >= 4 is 17.4 Å². The van der Waals surface area contributed by atoms with Gasteiger partial charge in [0.1, 0.15) is 13.2 Å². The Labute approximate surface area is 181 Å². The minimum Gasteiger partial charge on any atom is -0.486 e. The van der Waals surface area contributed by atoms with Gasteiger partial charge in [-0.1, -0.05) is 36.1 Å². The Hall–Kier alpha value is -4.04. The number of anilines is 1. The summed E-state index contributed by atoms with van der Waals surface area (Å²) in [5.74, 6) is 7.05. The maximum atomic E-state index is 12.5. The van der Waals surface area contributed by atoms with Crippen LogP contribution in [0.3, 0.4) is 0 Å². The molecule has 1 heterocycles. The van der Waals surface area contributed by atoms with Crippen molar-refractivity contribution in [1.82, 2.24) is 0 Å². The molecule has 0 fully saturated rings. The number of carbonyl (C=O) groups is 2. The second kappa shape index (κ2) is 9.64. The molecule has 0 radical (unpaired) electrons. The average Bonchev–Trinajstić information content (AvgIpc) is 2.82. The Morgan fingerprint density at radius 3 is 2.35 bits per heavy atom. The van der Waals surface area contributed by atoms with Crippen molar-refractivity contribution in [3.8, 4) is 23.3 Å². The largest absolute Gasteiger partial charge is 0.486 e. The first-order chi connectivity index (χ1) is 15.2. The fourth-order valence-electron chi connectivity index (χ4n) is 3.15. The quantitative estimate of drug-likeness (QED) is 0.497. The van der Waals surface area contributed by atoms with Gasteiger partial charge in [0, 0.05) is 35.2 Å². The molecular weight excluding hydrogens is 390 g/mol. The van der Waals surface area contributed by atoms with Gasteiger partial charge in [0.05, 0.1) is 0 Å². The van der Waals surface area contributed by atoms with E-state index in [0.29, 0.717) is 36.0 Å². The molecule has 0 bridgehead atoms. The number of fused-ring (bicyclic) bond motifs is 1. The number of hydrogen-bond donors (Lipinski definition) is 1. The first kappa shape index (κ1) is 20.2. The summed E-state index contributed by atoms with van der Waals surface area (Å²) in [5, 5.41) is 2.83. The summed E-state index contributed by atoms with van der Waals surface area (Å²) in [5.41, 5.74) is 2.88. The third-order valence-corrected chi connectivity index (χ3v) is 4.71. The van der Waals surface area contributed by atoms with Crippen LogP contribution in [0.4, 0.5) is 5.69 Å². The van der Waals surface area contributed by atoms with Crippen LogP contribution >= 0.6 is 0 Å². The number of rotatable bonds is 5. The van der Waals surface area contributed by atoms with Crippen molar-refractivity contribution in [3.63, 3.8) is 0 Å². The van der Waals surface area contributed by atoms with Crippen LogP contribution < -0.4 is 14.8 Å². The lowest BCUT2D eigenvalue weighted by molar-refractivity contribution is -0.116. The molecule has 31 heavy (non-hydrogen) atoms. The van der Waals surface area contributed by atoms with E-state index in [1.807, 2.05) is 48.5 Å². The summed E-state index contributed by atoms with van der Waals surface area (Å²) in [4.78, 5) is 24.8. The van der Waals surface area contributed by atoms with Crippen molar-refractivity contribution in [2.45, 2.75) is 12.8 Å². The minimum absolute atomic E-state index is 0.0905. The second-order valence-corrected chi connectivity index (χ2v) is 7.03. The van der Waals surface area contributed by atoms with Gasteiger partial charge in [-0.2, -0.15) is 0 Å². The van der Waals surface area contributed by atoms with Crippen LogP contribution in [-0.2, 0) is 4.79 Å². The Bertz CT molecular complexity index is 1160. The van der Waals surface area contributed by atoms with E-state index in [0.717, 1.165) is 11.1 Å². The van der Waals surface area contributed by atoms with E-state index in [1.54, 1.807) is 24.3 Å². The number of Topliss-reactive ketones (excluding diaryl/α,β-unsaturated/α-hetero) is 1. The predicted molar refractivity (Wildman–Crippen MR) is 118 cm³/mol. The highest BCUT2D eigenvalue weighted by molar-refractivity contribution is 6.00. The maximum Gasteiger partial charge on any atom is 0.224 e. The molecule has 0 atom stereocenters. The summed E-state index contributed by atoms with van der Waals surface area (Å²) >= 11 is 0. The van der Waals surface area contributed by atoms with Gasteiger partial charge >= 0.3 is 0 Å². The first-order valence-corrected chi connectivity index (χ1v) is 10.1. The van der Waals surface area contributed by atoms with Crippen molar-refractivity contribution in [1.29, 1.82) is 0 Å². The zero-order valence-electron chi connectivity index (χ0n) is 16.9. The Kier molecular flexibility index (Phi) is 6.29. The van der Waals surface area contributed by atoms with Gasteiger partial charge in [0.25, 0.3) is 0 Å². The monoisotopic (exact) mass is 411 g/mol. The van der Waals surface area contributed by atoms with E-state index in [1.165, 1.54) is 0 Å². The molecule has 1 amide bonds. The highest BCUT2D eigenvalue weighted by Gasteiger charge is 2.16. The lowest BCUT2D eigenvalue weighted by atomic mass is 10.1. The van der Waals surface area contributed by atoms with Crippen molar-refractivity contribution in [3.05, 3.63) is 89.5 Å². The molecule has 154 valence electrons.